The van der Waals surface area contributed by atoms with E-state index in [0.29, 0.717) is 35.8 Å². The zero-order valence-corrected chi connectivity index (χ0v) is 17.8. The van der Waals surface area contributed by atoms with Crippen LogP contribution in [0.3, 0.4) is 0 Å². The van der Waals surface area contributed by atoms with Gasteiger partial charge in [-0.3, -0.25) is 4.79 Å². The van der Waals surface area contributed by atoms with Gasteiger partial charge in [-0.25, -0.2) is 0 Å². The number of methoxy groups -OCH3 is 3. The SMILES string of the molecule is COc1ccc(CCNC(=O)/C(C#N)=C/c2c(OC)ccc3ccccc23)cc1OC. The van der Waals surface area contributed by atoms with Crippen molar-refractivity contribution in [3.8, 4) is 23.3 Å². The Bertz CT molecular complexity index is 1160. The van der Waals surface area contributed by atoms with Crippen LogP contribution in [-0.2, 0) is 11.2 Å². The topological polar surface area (TPSA) is 80.6 Å². The molecule has 0 saturated heterocycles. The third-order valence-corrected chi connectivity index (χ3v) is 4.95. The molecule has 158 valence electrons. The van der Waals surface area contributed by atoms with Gasteiger partial charge in [-0.15, -0.1) is 0 Å². The lowest BCUT2D eigenvalue weighted by atomic mass is 10.0. The normalized spacial score (nSPS) is 11.0. The largest absolute Gasteiger partial charge is 0.496 e. The molecule has 0 aliphatic heterocycles. The number of carbonyl (C=O) groups excluding carboxylic acids is 1. The molecule has 6 heteroatoms. The first kappa shape index (κ1) is 21.7. The van der Waals surface area contributed by atoms with Crippen LogP contribution in [0.5, 0.6) is 17.2 Å². The van der Waals surface area contributed by atoms with Gasteiger partial charge in [-0.1, -0.05) is 36.4 Å². The third-order valence-electron chi connectivity index (χ3n) is 4.95. The first-order valence-electron chi connectivity index (χ1n) is 9.78. The molecular formula is C25H24N2O4. The Morgan fingerprint density at radius 2 is 1.68 bits per heavy atom. The lowest BCUT2D eigenvalue weighted by Gasteiger charge is -2.11. The molecule has 0 atom stereocenters. The van der Waals surface area contributed by atoms with E-state index >= 15 is 0 Å². The molecule has 3 aromatic rings. The maximum atomic E-state index is 12.6. The summed E-state index contributed by atoms with van der Waals surface area (Å²) in [5.74, 6) is 1.45. The molecule has 31 heavy (non-hydrogen) atoms. The van der Waals surface area contributed by atoms with Gasteiger partial charge in [0.25, 0.3) is 5.91 Å². The van der Waals surface area contributed by atoms with Gasteiger partial charge in [0.1, 0.15) is 17.4 Å². The van der Waals surface area contributed by atoms with Crippen molar-refractivity contribution in [2.45, 2.75) is 6.42 Å². The first-order valence-corrected chi connectivity index (χ1v) is 9.78. The zero-order valence-electron chi connectivity index (χ0n) is 17.8. The molecule has 3 rings (SSSR count). The second kappa shape index (κ2) is 10.2. The lowest BCUT2D eigenvalue weighted by Crippen LogP contribution is -2.26. The van der Waals surface area contributed by atoms with Crippen molar-refractivity contribution in [2.75, 3.05) is 27.9 Å². The quantitative estimate of drug-likeness (QED) is 0.441. The van der Waals surface area contributed by atoms with Gasteiger partial charge in [0.2, 0.25) is 0 Å². The minimum Gasteiger partial charge on any atom is -0.496 e. The molecule has 0 bridgehead atoms. The number of nitrogens with zero attached hydrogens (tertiary/aromatic N) is 1. The van der Waals surface area contributed by atoms with Crippen molar-refractivity contribution in [2.24, 2.45) is 0 Å². The van der Waals surface area contributed by atoms with Crippen LogP contribution in [0.15, 0.2) is 60.2 Å². The van der Waals surface area contributed by atoms with Gasteiger partial charge in [0, 0.05) is 12.1 Å². The summed E-state index contributed by atoms with van der Waals surface area (Å²) in [6, 6.07) is 19.1. The number of hydrogen-bond acceptors (Lipinski definition) is 5. The Labute approximate surface area is 181 Å². The predicted octanol–water partition coefficient (Wildman–Crippen LogP) is 4.13. The van der Waals surface area contributed by atoms with E-state index in [2.05, 4.69) is 5.32 Å². The number of benzene rings is 3. The van der Waals surface area contributed by atoms with Crippen LogP contribution in [0, 0.1) is 11.3 Å². The number of nitriles is 1. The van der Waals surface area contributed by atoms with Crippen LogP contribution in [-0.4, -0.2) is 33.8 Å². The first-order chi connectivity index (χ1) is 15.1. The van der Waals surface area contributed by atoms with Crippen molar-refractivity contribution in [3.63, 3.8) is 0 Å². The van der Waals surface area contributed by atoms with Crippen LogP contribution in [0.4, 0.5) is 0 Å². The summed E-state index contributed by atoms with van der Waals surface area (Å²) in [5, 5.41) is 14.3. The molecule has 0 aromatic heterocycles. The maximum Gasteiger partial charge on any atom is 0.261 e. The molecule has 0 heterocycles. The number of fused-ring (bicyclic) bond motifs is 1. The molecule has 0 radical (unpaired) electrons. The van der Waals surface area contributed by atoms with E-state index in [-0.39, 0.29) is 5.57 Å². The summed E-state index contributed by atoms with van der Waals surface area (Å²) in [5.41, 5.74) is 1.70. The summed E-state index contributed by atoms with van der Waals surface area (Å²) < 4.78 is 16.0. The standard InChI is InChI=1S/C25H24N2O4/c1-29-22-11-9-18-6-4-5-7-20(18)21(22)15-19(16-26)25(28)27-13-12-17-8-10-23(30-2)24(14-17)31-3/h4-11,14-15H,12-13H2,1-3H3,(H,27,28)/b19-15+. The summed E-state index contributed by atoms with van der Waals surface area (Å²) in [6.45, 7) is 0.375. The number of rotatable bonds is 8. The summed E-state index contributed by atoms with van der Waals surface area (Å²) in [7, 11) is 4.73. The highest BCUT2D eigenvalue weighted by atomic mass is 16.5. The predicted molar refractivity (Wildman–Crippen MR) is 120 cm³/mol. The average molecular weight is 416 g/mol. The fraction of sp³-hybridized carbons (Fsp3) is 0.200. The summed E-state index contributed by atoms with van der Waals surface area (Å²) in [4.78, 5) is 12.6. The van der Waals surface area contributed by atoms with Crippen LogP contribution < -0.4 is 19.5 Å². The summed E-state index contributed by atoms with van der Waals surface area (Å²) >= 11 is 0. The molecule has 0 saturated carbocycles. The second-order valence-corrected chi connectivity index (χ2v) is 6.77. The molecule has 6 nitrogen and oxygen atoms in total. The smallest absolute Gasteiger partial charge is 0.261 e. The number of carbonyl (C=O) groups is 1. The highest BCUT2D eigenvalue weighted by Crippen LogP contribution is 2.30. The van der Waals surface area contributed by atoms with Crippen molar-refractivity contribution < 1.29 is 19.0 Å². The molecule has 0 aliphatic carbocycles. The Morgan fingerprint density at radius 3 is 2.39 bits per heavy atom. The Hall–Kier alpha value is -3.98. The Kier molecular flexibility index (Phi) is 7.13. The van der Waals surface area contributed by atoms with E-state index in [1.165, 1.54) is 0 Å². The number of amides is 1. The van der Waals surface area contributed by atoms with Crippen molar-refractivity contribution >= 4 is 22.8 Å². The highest BCUT2D eigenvalue weighted by molar-refractivity contribution is 6.05. The number of ether oxygens (including phenoxy) is 3. The van der Waals surface area contributed by atoms with Gasteiger partial charge < -0.3 is 19.5 Å². The highest BCUT2D eigenvalue weighted by Gasteiger charge is 2.13. The van der Waals surface area contributed by atoms with Gasteiger partial charge in [0.05, 0.1) is 21.3 Å². The Morgan fingerprint density at radius 1 is 0.968 bits per heavy atom. The molecule has 0 unspecified atom stereocenters. The fourth-order valence-electron chi connectivity index (χ4n) is 3.35. The molecular weight excluding hydrogens is 392 g/mol. The van der Waals surface area contributed by atoms with Gasteiger partial charge >= 0.3 is 0 Å². The van der Waals surface area contributed by atoms with E-state index in [1.807, 2.05) is 60.7 Å². The maximum absolute atomic E-state index is 12.6. The third kappa shape index (κ3) is 4.96. The minimum absolute atomic E-state index is 0.0157. The monoisotopic (exact) mass is 416 g/mol. The van der Waals surface area contributed by atoms with E-state index in [4.69, 9.17) is 14.2 Å². The summed E-state index contributed by atoms with van der Waals surface area (Å²) in [6.07, 6.45) is 2.16. The zero-order chi connectivity index (χ0) is 22.2. The number of nitrogens with one attached hydrogen (secondary N) is 1. The van der Waals surface area contributed by atoms with Crippen LogP contribution in [0.25, 0.3) is 16.8 Å². The van der Waals surface area contributed by atoms with E-state index in [0.717, 1.165) is 16.3 Å². The van der Waals surface area contributed by atoms with Crippen molar-refractivity contribution in [1.29, 1.82) is 5.26 Å². The van der Waals surface area contributed by atoms with Crippen molar-refractivity contribution in [1.82, 2.24) is 5.32 Å². The molecule has 0 fully saturated rings. The van der Waals surface area contributed by atoms with E-state index in [1.54, 1.807) is 27.4 Å². The molecule has 0 spiro atoms. The van der Waals surface area contributed by atoms with E-state index < -0.39 is 5.91 Å². The molecule has 1 N–H and O–H groups in total. The molecule has 3 aromatic carbocycles. The molecule has 1 amide bonds. The average Bonchev–Trinajstić information content (AvgIpc) is 2.82. The van der Waals surface area contributed by atoms with E-state index in [9.17, 15) is 10.1 Å². The van der Waals surface area contributed by atoms with Crippen LogP contribution in [0.1, 0.15) is 11.1 Å². The fourth-order valence-corrected chi connectivity index (χ4v) is 3.35. The Balaban J connectivity index is 1.76. The van der Waals surface area contributed by atoms with Gasteiger partial charge in [0.15, 0.2) is 11.5 Å². The van der Waals surface area contributed by atoms with Crippen LogP contribution >= 0.6 is 0 Å². The second-order valence-electron chi connectivity index (χ2n) is 6.77. The van der Waals surface area contributed by atoms with Crippen LogP contribution in [0.2, 0.25) is 0 Å². The minimum atomic E-state index is -0.432. The molecule has 0 aliphatic rings. The van der Waals surface area contributed by atoms with Gasteiger partial charge in [-0.2, -0.15) is 5.26 Å². The van der Waals surface area contributed by atoms with Crippen molar-refractivity contribution in [3.05, 3.63) is 71.3 Å². The number of hydrogen-bond donors (Lipinski definition) is 1. The van der Waals surface area contributed by atoms with Gasteiger partial charge in [-0.05, 0) is 47.0 Å². The lowest BCUT2D eigenvalue weighted by molar-refractivity contribution is -0.117.